The van der Waals surface area contributed by atoms with Crippen LogP contribution in [0.5, 0.6) is 0 Å². The molecule has 0 amide bonds. The topological polar surface area (TPSA) is 77.0 Å². The number of hydrogen-bond donors (Lipinski definition) is 2. The maximum absolute atomic E-state index is 5.42. The summed E-state index contributed by atoms with van der Waals surface area (Å²) in [6.45, 7) is 2.50. The van der Waals surface area contributed by atoms with Crippen LogP contribution in [0.3, 0.4) is 0 Å². The quantitative estimate of drug-likeness (QED) is 0.858. The number of hydrogen-bond acceptors (Lipinski definition) is 5. The molecule has 0 saturated carbocycles. The lowest BCUT2D eigenvalue weighted by molar-refractivity contribution is 0.509. The zero-order chi connectivity index (χ0) is 13.1. The zero-order valence-corrected chi connectivity index (χ0v) is 12.9. The van der Waals surface area contributed by atoms with Gasteiger partial charge in [-0.1, -0.05) is 5.10 Å². The van der Waals surface area contributed by atoms with Gasteiger partial charge < -0.3 is 15.5 Å². The molecule has 0 radical (unpaired) electrons. The number of aryl methyl sites for hydroxylation is 1. The Kier molecular flexibility index (Phi) is 4.36. The first-order chi connectivity index (χ1) is 8.60. The molecule has 96 valence electrons. The maximum Gasteiger partial charge on any atom is 0.320 e. The molecule has 5 nitrogen and oxygen atoms in total. The summed E-state index contributed by atoms with van der Waals surface area (Å²) in [4.78, 5) is 0. The number of rotatable bonds is 4. The van der Waals surface area contributed by atoms with Crippen LogP contribution in [0.1, 0.15) is 11.5 Å². The molecule has 1 aromatic carbocycles. The smallest absolute Gasteiger partial charge is 0.320 e. The molecule has 0 fully saturated rings. The molecule has 0 saturated heterocycles. The summed E-state index contributed by atoms with van der Waals surface area (Å²) in [5.74, 6) is 0.527. The molecule has 7 heteroatoms. The third-order valence-corrected chi connectivity index (χ3v) is 3.49. The first kappa shape index (κ1) is 13.5. The van der Waals surface area contributed by atoms with Gasteiger partial charge in [0.1, 0.15) is 0 Å². The van der Waals surface area contributed by atoms with Crippen molar-refractivity contribution in [3.63, 3.8) is 0 Å². The number of nitrogens with zero attached hydrogens (tertiary/aromatic N) is 2. The van der Waals surface area contributed by atoms with Crippen LogP contribution in [-0.2, 0) is 6.42 Å². The Hall–Kier alpha value is -0.920. The largest absolute Gasteiger partial charge is 0.408 e. The van der Waals surface area contributed by atoms with Crippen molar-refractivity contribution in [2.45, 2.75) is 13.3 Å². The summed E-state index contributed by atoms with van der Waals surface area (Å²) in [5, 5.41) is 10.9. The van der Waals surface area contributed by atoms with Gasteiger partial charge in [-0.3, -0.25) is 0 Å². The predicted octanol–water partition coefficient (Wildman–Crippen LogP) is 3.15. The minimum atomic E-state index is 0.351. The van der Waals surface area contributed by atoms with Gasteiger partial charge in [-0.2, -0.15) is 0 Å². The average molecular weight is 376 g/mol. The van der Waals surface area contributed by atoms with Crippen molar-refractivity contribution >= 4 is 43.6 Å². The second kappa shape index (κ2) is 5.81. The number of halogens is 2. The van der Waals surface area contributed by atoms with Crippen molar-refractivity contribution in [2.24, 2.45) is 5.73 Å². The van der Waals surface area contributed by atoms with Crippen molar-refractivity contribution in [1.29, 1.82) is 0 Å². The van der Waals surface area contributed by atoms with Crippen LogP contribution in [0.15, 0.2) is 25.5 Å². The molecular weight excluding hydrogens is 364 g/mol. The lowest BCUT2D eigenvalue weighted by atomic mass is 10.2. The summed E-state index contributed by atoms with van der Waals surface area (Å²) >= 11 is 6.98. The standard InChI is InChI=1S/C11H12Br2N4O/c1-6-4-7(12)10(8(13)5-6)15-11-17-16-9(18-11)2-3-14/h4-5H,2-3,14H2,1H3,(H,15,17). The van der Waals surface area contributed by atoms with E-state index in [9.17, 15) is 0 Å². The van der Waals surface area contributed by atoms with E-state index in [1.807, 2.05) is 19.1 Å². The summed E-state index contributed by atoms with van der Waals surface area (Å²) < 4.78 is 7.26. The van der Waals surface area contributed by atoms with Gasteiger partial charge in [0.05, 0.1) is 5.69 Å². The monoisotopic (exact) mass is 374 g/mol. The number of benzene rings is 1. The molecular formula is C11H12Br2N4O. The fraction of sp³-hybridized carbons (Fsp3) is 0.273. The highest BCUT2D eigenvalue weighted by molar-refractivity contribution is 9.11. The van der Waals surface area contributed by atoms with Crippen LogP contribution in [0.4, 0.5) is 11.7 Å². The first-order valence-corrected chi connectivity index (χ1v) is 6.94. The molecule has 0 aliphatic rings. The fourth-order valence-electron chi connectivity index (χ4n) is 1.45. The van der Waals surface area contributed by atoms with Crippen molar-refractivity contribution in [1.82, 2.24) is 10.2 Å². The zero-order valence-electron chi connectivity index (χ0n) is 9.70. The van der Waals surface area contributed by atoms with Gasteiger partial charge in [0, 0.05) is 21.9 Å². The summed E-state index contributed by atoms with van der Waals surface area (Å²) in [7, 11) is 0. The van der Waals surface area contributed by atoms with E-state index in [4.69, 9.17) is 10.2 Å². The van der Waals surface area contributed by atoms with E-state index in [2.05, 4.69) is 47.4 Å². The van der Waals surface area contributed by atoms with Crippen LogP contribution in [0.25, 0.3) is 0 Å². The summed E-state index contributed by atoms with van der Waals surface area (Å²) in [6, 6.07) is 4.36. The van der Waals surface area contributed by atoms with Gasteiger partial charge in [0.25, 0.3) is 0 Å². The van der Waals surface area contributed by atoms with E-state index in [-0.39, 0.29) is 0 Å². The maximum atomic E-state index is 5.42. The highest BCUT2D eigenvalue weighted by Gasteiger charge is 2.11. The fourth-order valence-corrected chi connectivity index (χ4v) is 3.07. The molecule has 0 aliphatic heterocycles. The van der Waals surface area contributed by atoms with Gasteiger partial charge >= 0.3 is 6.01 Å². The second-order valence-electron chi connectivity index (χ2n) is 3.77. The Bertz CT molecular complexity index is 533. The molecule has 1 heterocycles. The van der Waals surface area contributed by atoms with Crippen molar-refractivity contribution in [3.05, 3.63) is 32.5 Å². The SMILES string of the molecule is Cc1cc(Br)c(Nc2nnc(CCN)o2)c(Br)c1. The summed E-state index contributed by atoms with van der Waals surface area (Å²) in [5.41, 5.74) is 7.42. The third-order valence-electron chi connectivity index (χ3n) is 2.24. The molecule has 2 rings (SSSR count). The molecule has 1 aromatic heterocycles. The number of aromatic nitrogens is 2. The average Bonchev–Trinajstić information content (AvgIpc) is 2.72. The second-order valence-corrected chi connectivity index (χ2v) is 5.48. The first-order valence-electron chi connectivity index (χ1n) is 5.35. The molecule has 0 aliphatic carbocycles. The number of nitrogens with two attached hydrogens (primary N) is 1. The number of anilines is 2. The third kappa shape index (κ3) is 3.09. The minimum absolute atomic E-state index is 0.351. The van der Waals surface area contributed by atoms with Gasteiger partial charge in [-0.05, 0) is 56.5 Å². The van der Waals surface area contributed by atoms with E-state index in [0.717, 1.165) is 20.2 Å². The van der Waals surface area contributed by atoms with Crippen LogP contribution >= 0.6 is 31.9 Å². The van der Waals surface area contributed by atoms with Gasteiger partial charge in [-0.25, -0.2) is 0 Å². The highest BCUT2D eigenvalue weighted by atomic mass is 79.9. The van der Waals surface area contributed by atoms with Crippen LogP contribution in [-0.4, -0.2) is 16.7 Å². The molecule has 3 N–H and O–H groups in total. The molecule has 2 aromatic rings. The molecule has 0 atom stereocenters. The van der Waals surface area contributed by atoms with E-state index in [0.29, 0.717) is 24.9 Å². The molecule has 0 bridgehead atoms. The van der Waals surface area contributed by atoms with Crippen LogP contribution in [0.2, 0.25) is 0 Å². The van der Waals surface area contributed by atoms with Gasteiger partial charge in [-0.15, -0.1) is 5.10 Å². The minimum Gasteiger partial charge on any atom is -0.408 e. The lowest BCUT2D eigenvalue weighted by Crippen LogP contribution is -2.02. The normalized spacial score (nSPS) is 10.7. The Morgan fingerprint density at radius 2 is 1.94 bits per heavy atom. The predicted molar refractivity (Wildman–Crippen MR) is 76.9 cm³/mol. The summed E-state index contributed by atoms with van der Waals surface area (Å²) in [6.07, 6.45) is 0.574. The molecule has 0 unspecified atom stereocenters. The van der Waals surface area contributed by atoms with E-state index < -0.39 is 0 Å². The molecule has 18 heavy (non-hydrogen) atoms. The molecule has 0 spiro atoms. The van der Waals surface area contributed by atoms with Crippen LogP contribution in [0, 0.1) is 6.92 Å². The Labute approximate surface area is 121 Å². The van der Waals surface area contributed by atoms with Crippen molar-refractivity contribution < 1.29 is 4.42 Å². The van der Waals surface area contributed by atoms with E-state index in [1.54, 1.807) is 0 Å². The number of nitrogens with one attached hydrogen (secondary N) is 1. The van der Waals surface area contributed by atoms with E-state index >= 15 is 0 Å². The Morgan fingerprint density at radius 3 is 2.56 bits per heavy atom. The van der Waals surface area contributed by atoms with Gasteiger partial charge in [0.2, 0.25) is 5.89 Å². The van der Waals surface area contributed by atoms with Crippen LogP contribution < -0.4 is 11.1 Å². The van der Waals surface area contributed by atoms with Crippen molar-refractivity contribution in [3.8, 4) is 0 Å². The Balaban J connectivity index is 2.22. The van der Waals surface area contributed by atoms with E-state index in [1.165, 1.54) is 0 Å². The lowest BCUT2D eigenvalue weighted by Gasteiger charge is -2.08. The highest BCUT2D eigenvalue weighted by Crippen LogP contribution is 2.34. The Morgan fingerprint density at radius 1 is 1.28 bits per heavy atom. The van der Waals surface area contributed by atoms with Crippen molar-refractivity contribution in [2.75, 3.05) is 11.9 Å². The van der Waals surface area contributed by atoms with Gasteiger partial charge in [0.15, 0.2) is 0 Å².